The maximum Gasteiger partial charge on any atom is 0.0409 e. The van der Waals surface area contributed by atoms with Crippen molar-refractivity contribution < 1.29 is 0 Å². The molecule has 2 aromatic carbocycles. The van der Waals surface area contributed by atoms with Crippen molar-refractivity contribution in [3.63, 3.8) is 0 Å². The fourth-order valence-electron chi connectivity index (χ4n) is 2.03. The topological polar surface area (TPSA) is 12.0 Å². The number of hydrogen-bond donors (Lipinski definition) is 1. The van der Waals surface area contributed by atoms with Gasteiger partial charge in [-0.3, -0.25) is 0 Å². The van der Waals surface area contributed by atoms with Crippen molar-refractivity contribution in [1.29, 1.82) is 0 Å². The molecule has 0 atom stereocenters. The van der Waals surface area contributed by atoms with E-state index >= 15 is 0 Å². The van der Waals surface area contributed by atoms with Crippen LogP contribution in [0.2, 0.25) is 5.02 Å². The number of benzene rings is 2. The van der Waals surface area contributed by atoms with Gasteiger partial charge in [-0.05, 0) is 61.7 Å². The normalized spacial score (nSPS) is 10.7. The molecule has 18 heavy (non-hydrogen) atoms. The van der Waals surface area contributed by atoms with Gasteiger partial charge in [0.2, 0.25) is 0 Å². The lowest BCUT2D eigenvalue weighted by molar-refractivity contribution is 0.900. The number of anilines is 1. The molecule has 0 bridgehead atoms. The zero-order valence-electron chi connectivity index (χ0n) is 11.0. The van der Waals surface area contributed by atoms with Gasteiger partial charge in [0.05, 0.1) is 0 Å². The van der Waals surface area contributed by atoms with Gasteiger partial charge in [0.1, 0.15) is 0 Å². The zero-order valence-corrected chi connectivity index (χ0v) is 11.8. The van der Waals surface area contributed by atoms with E-state index in [1.54, 1.807) is 0 Å². The van der Waals surface area contributed by atoms with Crippen LogP contribution in [0.3, 0.4) is 0 Å². The van der Waals surface area contributed by atoms with E-state index in [0.717, 1.165) is 10.7 Å². The summed E-state index contributed by atoms with van der Waals surface area (Å²) in [5.41, 5.74) is 4.81. The molecular formula is C16H18ClN. The average molecular weight is 260 g/mol. The van der Waals surface area contributed by atoms with Gasteiger partial charge in [0.15, 0.2) is 0 Å². The highest BCUT2D eigenvalue weighted by Gasteiger charge is 2.03. The number of rotatable bonds is 3. The van der Waals surface area contributed by atoms with Crippen LogP contribution in [0.5, 0.6) is 0 Å². The fourth-order valence-corrected chi connectivity index (χ4v) is 2.26. The largest absolute Gasteiger partial charge is 0.383 e. The van der Waals surface area contributed by atoms with E-state index in [-0.39, 0.29) is 0 Å². The van der Waals surface area contributed by atoms with Crippen molar-refractivity contribution in [2.45, 2.75) is 26.8 Å². The van der Waals surface area contributed by atoms with Crippen molar-refractivity contribution in [2.75, 3.05) is 5.32 Å². The summed E-state index contributed by atoms with van der Waals surface area (Å²) >= 11 is 5.98. The first-order valence-electron chi connectivity index (χ1n) is 6.19. The van der Waals surface area contributed by atoms with E-state index < -0.39 is 0 Å². The molecule has 1 nitrogen and oxygen atoms in total. The molecule has 2 aromatic rings. The molecule has 0 heterocycles. The lowest BCUT2D eigenvalue weighted by Gasteiger charge is -2.11. The number of hydrogen-bond acceptors (Lipinski definition) is 1. The highest BCUT2D eigenvalue weighted by atomic mass is 35.5. The van der Waals surface area contributed by atoms with Gasteiger partial charge in [0, 0.05) is 16.8 Å². The van der Waals surface area contributed by atoms with Crippen LogP contribution in [0.25, 0.3) is 11.1 Å². The summed E-state index contributed by atoms with van der Waals surface area (Å²) in [4.78, 5) is 0. The monoisotopic (exact) mass is 259 g/mol. The molecule has 0 aliphatic rings. The molecule has 0 radical (unpaired) electrons. The third-order valence-corrected chi connectivity index (χ3v) is 3.07. The second-order valence-corrected chi connectivity index (χ2v) is 5.27. The lowest BCUT2D eigenvalue weighted by Crippen LogP contribution is -2.09. The maximum absolute atomic E-state index is 5.98. The van der Waals surface area contributed by atoms with E-state index in [4.69, 9.17) is 11.6 Å². The second kappa shape index (κ2) is 5.45. The third kappa shape index (κ3) is 3.05. The van der Waals surface area contributed by atoms with Gasteiger partial charge in [-0.1, -0.05) is 29.8 Å². The Morgan fingerprint density at radius 1 is 1.00 bits per heavy atom. The van der Waals surface area contributed by atoms with Gasteiger partial charge >= 0.3 is 0 Å². The maximum atomic E-state index is 5.98. The number of halogens is 1. The van der Waals surface area contributed by atoms with E-state index in [9.17, 15) is 0 Å². The minimum absolute atomic E-state index is 0.452. The molecule has 1 N–H and O–H groups in total. The zero-order chi connectivity index (χ0) is 13.1. The van der Waals surface area contributed by atoms with Gasteiger partial charge in [0.25, 0.3) is 0 Å². The van der Waals surface area contributed by atoms with Crippen LogP contribution in [0.15, 0.2) is 42.5 Å². The highest BCUT2D eigenvalue weighted by molar-refractivity contribution is 6.30. The molecule has 0 spiro atoms. The van der Waals surface area contributed by atoms with Gasteiger partial charge < -0.3 is 5.32 Å². The summed E-state index contributed by atoms with van der Waals surface area (Å²) in [5.74, 6) is 0. The molecule has 0 aliphatic carbocycles. The Kier molecular flexibility index (Phi) is 3.93. The standard InChI is InChI=1S/C16H18ClN/c1-11(2)18-15-7-4-13(5-8-15)16-9-6-14(17)10-12(16)3/h4-11,18H,1-3H3. The molecule has 2 rings (SSSR count). The first-order chi connectivity index (χ1) is 8.56. The second-order valence-electron chi connectivity index (χ2n) is 4.84. The average Bonchev–Trinajstić information content (AvgIpc) is 2.30. The minimum atomic E-state index is 0.452. The first kappa shape index (κ1) is 13.0. The van der Waals surface area contributed by atoms with Crippen LogP contribution >= 0.6 is 11.6 Å². The van der Waals surface area contributed by atoms with E-state index in [1.165, 1.54) is 16.7 Å². The van der Waals surface area contributed by atoms with Crippen LogP contribution in [0.1, 0.15) is 19.4 Å². The van der Waals surface area contributed by atoms with Crippen LogP contribution in [0, 0.1) is 6.92 Å². The van der Waals surface area contributed by atoms with Crippen LogP contribution in [0.4, 0.5) is 5.69 Å². The Hall–Kier alpha value is -1.47. The molecule has 2 heteroatoms. The fraction of sp³-hybridized carbons (Fsp3) is 0.250. The molecule has 0 saturated heterocycles. The van der Waals surface area contributed by atoms with Crippen molar-refractivity contribution in [1.82, 2.24) is 0 Å². The Balaban J connectivity index is 2.28. The van der Waals surface area contributed by atoms with Crippen molar-refractivity contribution in [3.05, 3.63) is 53.1 Å². The summed E-state index contributed by atoms with van der Waals surface area (Å²) in [7, 11) is 0. The summed E-state index contributed by atoms with van der Waals surface area (Å²) in [6.45, 7) is 6.36. The van der Waals surface area contributed by atoms with E-state index in [0.29, 0.717) is 6.04 Å². The summed E-state index contributed by atoms with van der Waals surface area (Å²) in [5, 5.41) is 4.17. The molecule has 94 valence electrons. The van der Waals surface area contributed by atoms with E-state index in [2.05, 4.69) is 56.4 Å². The molecule has 0 unspecified atom stereocenters. The number of aryl methyl sites for hydroxylation is 1. The molecule has 0 fully saturated rings. The predicted molar refractivity (Wildman–Crippen MR) is 80.4 cm³/mol. The first-order valence-corrected chi connectivity index (χ1v) is 6.57. The van der Waals surface area contributed by atoms with Crippen molar-refractivity contribution in [2.24, 2.45) is 0 Å². The van der Waals surface area contributed by atoms with Crippen LogP contribution in [-0.2, 0) is 0 Å². The lowest BCUT2D eigenvalue weighted by atomic mass is 10.0. The van der Waals surface area contributed by atoms with Crippen molar-refractivity contribution in [3.8, 4) is 11.1 Å². The molecule has 0 aliphatic heterocycles. The predicted octanol–water partition coefficient (Wildman–Crippen LogP) is 5.14. The van der Waals surface area contributed by atoms with E-state index in [1.807, 2.05) is 12.1 Å². The Bertz CT molecular complexity index is 529. The minimum Gasteiger partial charge on any atom is -0.383 e. The van der Waals surface area contributed by atoms with Crippen LogP contribution in [-0.4, -0.2) is 6.04 Å². The van der Waals surface area contributed by atoms with Gasteiger partial charge in [-0.2, -0.15) is 0 Å². The highest BCUT2D eigenvalue weighted by Crippen LogP contribution is 2.27. The van der Waals surface area contributed by atoms with Gasteiger partial charge in [-0.15, -0.1) is 0 Å². The summed E-state index contributed by atoms with van der Waals surface area (Å²) in [6, 6.07) is 15.0. The SMILES string of the molecule is Cc1cc(Cl)ccc1-c1ccc(NC(C)C)cc1. The summed E-state index contributed by atoms with van der Waals surface area (Å²) in [6.07, 6.45) is 0. The number of nitrogens with one attached hydrogen (secondary N) is 1. The van der Waals surface area contributed by atoms with Gasteiger partial charge in [-0.25, -0.2) is 0 Å². The quantitative estimate of drug-likeness (QED) is 0.805. The molecule has 0 saturated carbocycles. The Morgan fingerprint density at radius 3 is 2.22 bits per heavy atom. The van der Waals surface area contributed by atoms with Crippen LogP contribution < -0.4 is 5.32 Å². The Morgan fingerprint density at radius 2 is 1.67 bits per heavy atom. The molecular weight excluding hydrogens is 242 g/mol. The smallest absolute Gasteiger partial charge is 0.0409 e. The summed E-state index contributed by atoms with van der Waals surface area (Å²) < 4.78 is 0. The third-order valence-electron chi connectivity index (χ3n) is 2.84. The Labute approximate surface area is 114 Å². The van der Waals surface area contributed by atoms with Crippen molar-refractivity contribution >= 4 is 17.3 Å². The molecule has 0 aromatic heterocycles. The molecule has 0 amide bonds.